The zero-order valence-corrected chi connectivity index (χ0v) is 17.7. The SMILES string of the molecule is O=C(O)C1CC(Br)CN(C(c2ccccc2)(c2ccccc2)c2ccccc2)C1. The van der Waals surface area contributed by atoms with Crippen LogP contribution >= 0.6 is 15.9 Å². The van der Waals surface area contributed by atoms with Gasteiger partial charge in [0.1, 0.15) is 0 Å². The minimum absolute atomic E-state index is 0.118. The summed E-state index contributed by atoms with van der Waals surface area (Å²) in [6, 6.07) is 31.3. The number of hydrogen-bond donors (Lipinski definition) is 1. The molecule has 1 heterocycles. The van der Waals surface area contributed by atoms with Crippen molar-refractivity contribution in [2.45, 2.75) is 16.8 Å². The molecule has 1 aliphatic rings. The maximum atomic E-state index is 11.9. The Labute approximate surface area is 180 Å². The maximum absolute atomic E-state index is 11.9. The van der Waals surface area contributed by atoms with Gasteiger partial charge in [0.2, 0.25) is 0 Å². The number of piperidine rings is 1. The van der Waals surface area contributed by atoms with Crippen molar-refractivity contribution in [3.05, 3.63) is 108 Å². The topological polar surface area (TPSA) is 40.5 Å². The first kappa shape index (κ1) is 19.9. The number of halogens is 1. The van der Waals surface area contributed by atoms with Gasteiger partial charge < -0.3 is 5.11 Å². The highest BCUT2D eigenvalue weighted by atomic mass is 79.9. The van der Waals surface area contributed by atoms with Gasteiger partial charge in [0.05, 0.1) is 11.5 Å². The molecule has 0 aromatic heterocycles. The van der Waals surface area contributed by atoms with Crippen LogP contribution < -0.4 is 0 Å². The Morgan fingerprint density at radius 3 is 1.59 bits per heavy atom. The zero-order valence-electron chi connectivity index (χ0n) is 16.1. The van der Waals surface area contributed by atoms with Crippen LogP contribution in [-0.4, -0.2) is 33.9 Å². The minimum atomic E-state index is -0.734. The fourth-order valence-electron chi connectivity index (χ4n) is 4.58. The monoisotopic (exact) mass is 449 g/mol. The number of carboxylic acids is 1. The van der Waals surface area contributed by atoms with Crippen molar-refractivity contribution >= 4 is 21.9 Å². The van der Waals surface area contributed by atoms with Crippen LogP contribution in [-0.2, 0) is 10.3 Å². The van der Waals surface area contributed by atoms with E-state index in [2.05, 4.69) is 93.6 Å². The maximum Gasteiger partial charge on any atom is 0.307 e. The van der Waals surface area contributed by atoms with E-state index in [1.807, 2.05) is 18.2 Å². The smallest absolute Gasteiger partial charge is 0.307 e. The molecule has 0 spiro atoms. The zero-order chi connectivity index (χ0) is 20.3. The van der Waals surface area contributed by atoms with Gasteiger partial charge in [-0.1, -0.05) is 107 Å². The van der Waals surface area contributed by atoms with E-state index in [9.17, 15) is 9.90 Å². The number of rotatable bonds is 5. The third kappa shape index (κ3) is 3.75. The van der Waals surface area contributed by atoms with E-state index in [4.69, 9.17) is 0 Å². The van der Waals surface area contributed by atoms with Crippen molar-refractivity contribution in [3.63, 3.8) is 0 Å². The number of likely N-dealkylation sites (tertiary alicyclic amines) is 1. The molecule has 0 bridgehead atoms. The lowest BCUT2D eigenvalue weighted by Gasteiger charge is -2.49. The number of aliphatic carboxylic acids is 1. The van der Waals surface area contributed by atoms with Gasteiger partial charge >= 0.3 is 5.97 Å². The fraction of sp³-hybridized carbons (Fsp3) is 0.240. The summed E-state index contributed by atoms with van der Waals surface area (Å²) < 4.78 is 0. The molecule has 3 aromatic rings. The van der Waals surface area contributed by atoms with Crippen molar-refractivity contribution in [1.82, 2.24) is 4.90 Å². The van der Waals surface area contributed by atoms with Crippen LogP contribution in [0.25, 0.3) is 0 Å². The van der Waals surface area contributed by atoms with Gasteiger partial charge in [-0.15, -0.1) is 0 Å². The standard InChI is InChI=1S/C25H24BrNO2/c26-23-16-19(24(28)29)17-27(18-23)25(20-10-4-1-5-11-20,21-12-6-2-7-13-21)22-14-8-3-9-15-22/h1-15,19,23H,16-18H2,(H,28,29). The van der Waals surface area contributed by atoms with E-state index in [1.165, 1.54) is 0 Å². The lowest BCUT2D eigenvalue weighted by atomic mass is 9.74. The quantitative estimate of drug-likeness (QED) is 0.432. The Morgan fingerprint density at radius 1 is 0.793 bits per heavy atom. The number of nitrogens with zero attached hydrogens (tertiary/aromatic N) is 1. The molecular weight excluding hydrogens is 426 g/mol. The second kappa shape index (κ2) is 8.52. The van der Waals surface area contributed by atoms with Crippen LogP contribution in [0.2, 0.25) is 0 Å². The molecule has 148 valence electrons. The highest BCUT2D eigenvalue weighted by molar-refractivity contribution is 9.09. The number of alkyl halides is 1. The molecule has 0 amide bonds. The van der Waals surface area contributed by atoms with Gasteiger partial charge in [-0.25, -0.2) is 0 Å². The Bertz CT molecular complexity index is 850. The molecule has 2 atom stereocenters. The van der Waals surface area contributed by atoms with Crippen LogP contribution in [0.1, 0.15) is 23.1 Å². The van der Waals surface area contributed by atoms with Crippen LogP contribution in [0.5, 0.6) is 0 Å². The normalized spacial score (nSPS) is 20.3. The molecule has 29 heavy (non-hydrogen) atoms. The lowest BCUT2D eigenvalue weighted by molar-refractivity contribution is -0.144. The summed E-state index contributed by atoms with van der Waals surface area (Å²) in [7, 11) is 0. The summed E-state index contributed by atoms with van der Waals surface area (Å²) in [5, 5.41) is 9.80. The highest BCUT2D eigenvalue weighted by Gasteiger charge is 2.46. The molecule has 0 saturated carbocycles. The summed E-state index contributed by atoms with van der Waals surface area (Å²) in [5.74, 6) is -1.15. The third-order valence-electron chi connectivity index (χ3n) is 5.80. The van der Waals surface area contributed by atoms with Crippen molar-refractivity contribution in [2.24, 2.45) is 5.92 Å². The molecule has 0 radical (unpaired) electrons. The first-order valence-electron chi connectivity index (χ1n) is 9.91. The Hall–Kier alpha value is -2.43. The largest absolute Gasteiger partial charge is 0.481 e. The third-order valence-corrected chi connectivity index (χ3v) is 6.46. The first-order chi connectivity index (χ1) is 14.1. The van der Waals surface area contributed by atoms with E-state index >= 15 is 0 Å². The lowest BCUT2D eigenvalue weighted by Crippen LogP contribution is -2.55. The van der Waals surface area contributed by atoms with Crippen LogP contribution in [0.3, 0.4) is 0 Å². The Morgan fingerprint density at radius 2 is 1.21 bits per heavy atom. The summed E-state index contributed by atoms with van der Waals surface area (Å²) in [6.07, 6.45) is 0.639. The Kier molecular flexibility index (Phi) is 5.84. The summed E-state index contributed by atoms with van der Waals surface area (Å²) in [5.41, 5.74) is 2.86. The van der Waals surface area contributed by atoms with Gasteiger partial charge in [0, 0.05) is 17.9 Å². The summed E-state index contributed by atoms with van der Waals surface area (Å²) in [4.78, 5) is 14.4. The predicted octanol–water partition coefficient (Wildman–Crippen LogP) is 5.15. The van der Waals surface area contributed by atoms with Crippen molar-refractivity contribution in [3.8, 4) is 0 Å². The molecule has 1 saturated heterocycles. The molecule has 3 nitrogen and oxygen atoms in total. The van der Waals surface area contributed by atoms with E-state index < -0.39 is 17.4 Å². The second-order valence-corrected chi connectivity index (χ2v) is 8.88. The summed E-state index contributed by atoms with van der Waals surface area (Å²) >= 11 is 3.74. The number of carboxylic acid groups (broad SMARTS) is 1. The molecule has 3 aromatic carbocycles. The van der Waals surface area contributed by atoms with Gasteiger partial charge in [-0.05, 0) is 23.1 Å². The molecule has 1 N–H and O–H groups in total. The number of benzene rings is 3. The van der Waals surface area contributed by atoms with E-state index in [0.717, 1.165) is 23.2 Å². The van der Waals surface area contributed by atoms with Gasteiger partial charge in [0.25, 0.3) is 0 Å². The van der Waals surface area contributed by atoms with Gasteiger partial charge in [0.15, 0.2) is 0 Å². The molecule has 0 aliphatic carbocycles. The van der Waals surface area contributed by atoms with Crippen LogP contribution in [0.15, 0.2) is 91.0 Å². The van der Waals surface area contributed by atoms with Crippen molar-refractivity contribution < 1.29 is 9.90 Å². The Balaban J connectivity index is 1.99. The van der Waals surface area contributed by atoms with Crippen LogP contribution in [0, 0.1) is 5.92 Å². The van der Waals surface area contributed by atoms with Crippen molar-refractivity contribution in [2.75, 3.05) is 13.1 Å². The second-order valence-electron chi connectivity index (χ2n) is 7.58. The van der Waals surface area contributed by atoms with Gasteiger partial charge in [-0.3, -0.25) is 9.69 Å². The predicted molar refractivity (Wildman–Crippen MR) is 119 cm³/mol. The molecule has 1 aliphatic heterocycles. The molecule has 4 rings (SSSR count). The fourth-order valence-corrected chi connectivity index (χ4v) is 5.38. The van der Waals surface area contributed by atoms with Crippen LogP contribution in [0.4, 0.5) is 0 Å². The minimum Gasteiger partial charge on any atom is -0.481 e. The van der Waals surface area contributed by atoms with Gasteiger partial charge in [-0.2, -0.15) is 0 Å². The summed E-state index contributed by atoms with van der Waals surface area (Å²) in [6.45, 7) is 1.26. The number of hydrogen-bond acceptors (Lipinski definition) is 2. The number of carbonyl (C=O) groups is 1. The van der Waals surface area contributed by atoms with Crippen molar-refractivity contribution in [1.29, 1.82) is 0 Å². The first-order valence-corrected chi connectivity index (χ1v) is 10.8. The average molecular weight is 450 g/mol. The molecule has 2 unspecified atom stereocenters. The average Bonchev–Trinajstić information content (AvgIpc) is 2.76. The molecule has 4 heteroatoms. The molecular formula is C25H24BrNO2. The molecule has 1 fully saturated rings. The van der Waals surface area contributed by atoms with E-state index in [0.29, 0.717) is 13.0 Å². The highest BCUT2D eigenvalue weighted by Crippen LogP contribution is 2.44. The van der Waals surface area contributed by atoms with E-state index in [1.54, 1.807) is 0 Å². The van der Waals surface area contributed by atoms with E-state index in [-0.39, 0.29) is 4.83 Å².